The lowest BCUT2D eigenvalue weighted by molar-refractivity contribution is -0.136. The summed E-state index contributed by atoms with van der Waals surface area (Å²) in [6, 6.07) is 26.3. The molecule has 2 atom stereocenters. The van der Waals surface area contributed by atoms with Crippen LogP contribution in [-0.2, 0) is 36.6 Å². The van der Waals surface area contributed by atoms with Gasteiger partial charge in [0.2, 0.25) is 17.4 Å². The fraction of sp³-hybridized carbons (Fsp3) is 0.326. The normalized spacial score (nSPS) is 13.3. The number of ether oxygens (including phenoxy) is 3. The van der Waals surface area contributed by atoms with Crippen LogP contribution in [0.2, 0.25) is 0 Å². The van der Waals surface area contributed by atoms with Gasteiger partial charge in [0.05, 0.1) is 24.3 Å². The van der Waals surface area contributed by atoms with Crippen molar-refractivity contribution < 1.29 is 46.6 Å². The molecule has 16 heteroatoms. The molecule has 0 radical (unpaired) electrons. The van der Waals surface area contributed by atoms with Crippen molar-refractivity contribution in [1.82, 2.24) is 20.9 Å². The van der Waals surface area contributed by atoms with E-state index >= 15 is 0 Å². The van der Waals surface area contributed by atoms with E-state index in [0.717, 1.165) is 33.9 Å². The molecule has 13 nitrogen and oxygen atoms in total. The minimum Gasteiger partial charge on any atom is -0.449 e. The second kappa shape index (κ2) is 19.8. The fourth-order valence-electron chi connectivity index (χ4n) is 7.16. The average Bonchev–Trinajstić information content (AvgIpc) is 3.54. The van der Waals surface area contributed by atoms with Crippen LogP contribution in [0.5, 0.6) is 0 Å². The van der Waals surface area contributed by atoms with E-state index in [-0.39, 0.29) is 55.3 Å². The molecule has 5 N–H and O–H groups in total. The molecule has 1 aliphatic carbocycles. The minimum atomic E-state index is -4.81. The number of hydrogen-bond acceptors (Lipinski definition) is 8. The first-order chi connectivity index (χ1) is 29.6. The minimum absolute atomic E-state index is 0.0249. The van der Waals surface area contributed by atoms with E-state index in [1.54, 1.807) is 20.8 Å². The van der Waals surface area contributed by atoms with Crippen LogP contribution in [0, 0.1) is 0 Å². The number of rotatable bonds is 16. The molecule has 6 rings (SSSR count). The highest BCUT2D eigenvalue weighted by molar-refractivity contribution is 5.99. The van der Waals surface area contributed by atoms with Gasteiger partial charge in [-0.05, 0) is 80.0 Å². The number of aromatic amines is 1. The van der Waals surface area contributed by atoms with Gasteiger partial charge < -0.3 is 40.5 Å². The molecule has 4 amide bonds. The third-order valence-electron chi connectivity index (χ3n) is 9.99. The van der Waals surface area contributed by atoms with Gasteiger partial charge in [0.25, 0.3) is 0 Å². The summed E-state index contributed by atoms with van der Waals surface area (Å²) in [5.41, 5.74) is 1.93. The molecule has 1 aliphatic rings. The van der Waals surface area contributed by atoms with E-state index in [1.165, 1.54) is 12.1 Å². The van der Waals surface area contributed by atoms with Crippen molar-refractivity contribution in [1.29, 1.82) is 0 Å². The second-order valence-electron chi connectivity index (χ2n) is 15.8. The number of alkyl carbamates (subject to hydrolysis) is 2. The van der Waals surface area contributed by atoms with Gasteiger partial charge in [0.1, 0.15) is 24.3 Å². The number of benzene rings is 4. The number of anilines is 1. The van der Waals surface area contributed by atoms with Gasteiger partial charge >= 0.3 is 18.4 Å². The van der Waals surface area contributed by atoms with E-state index in [4.69, 9.17) is 14.2 Å². The Kier molecular flexibility index (Phi) is 14.3. The third kappa shape index (κ3) is 12.0. The van der Waals surface area contributed by atoms with E-state index in [9.17, 15) is 37.1 Å². The third-order valence-corrected chi connectivity index (χ3v) is 9.99. The Bertz CT molecular complexity index is 2410. The van der Waals surface area contributed by atoms with Gasteiger partial charge in [-0.1, -0.05) is 84.9 Å². The van der Waals surface area contributed by atoms with E-state index in [1.807, 2.05) is 78.9 Å². The fourth-order valence-corrected chi connectivity index (χ4v) is 7.16. The summed E-state index contributed by atoms with van der Waals surface area (Å²) in [5.74, 6) is -1.77. The average molecular weight is 856 g/mol. The molecule has 326 valence electrons. The summed E-state index contributed by atoms with van der Waals surface area (Å²) in [6.07, 6.45) is -5.60. The number of unbranched alkanes of at least 4 members (excludes halogenated alkanes) is 1. The molecule has 0 unspecified atom stereocenters. The summed E-state index contributed by atoms with van der Waals surface area (Å²) >= 11 is 0. The molecular weight excluding hydrogens is 808 g/mol. The zero-order valence-electron chi connectivity index (χ0n) is 34.4. The van der Waals surface area contributed by atoms with Gasteiger partial charge in [0, 0.05) is 29.6 Å². The number of pyridine rings is 1. The van der Waals surface area contributed by atoms with Crippen molar-refractivity contribution >= 4 is 40.6 Å². The monoisotopic (exact) mass is 855 g/mol. The highest BCUT2D eigenvalue weighted by Gasteiger charge is 2.34. The molecule has 5 aromatic rings. The second-order valence-corrected chi connectivity index (χ2v) is 15.8. The van der Waals surface area contributed by atoms with Crippen LogP contribution in [-0.4, -0.2) is 66.4 Å². The summed E-state index contributed by atoms with van der Waals surface area (Å²) in [4.78, 5) is 68.1. The highest BCUT2D eigenvalue weighted by Crippen LogP contribution is 2.44. The van der Waals surface area contributed by atoms with Crippen LogP contribution in [0.3, 0.4) is 0 Å². The maximum Gasteiger partial charge on any atom is 0.417 e. The molecule has 62 heavy (non-hydrogen) atoms. The number of aromatic nitrogens is 1. The smallest absolute Gasteiger partial charge is 0.417 e. The number of H-pyrrole nitrogens is 1. The molecular formula is C46H48F3N5O8. The van der Waals surface area contributed by atoms with Crippen molar-refractivity contribution in [2.24, 2.45) is 0 Å². The van der Waals surface area contributed by atoms with Crippen LogP contribution in [0.15, 0.2) is 108 Å². The van der Waals surface area contributed by atoms with Gasteiger partial charge in [-0.25, -0.2) is 9.59 Å². The first-order valence-electron chi connectivity index (χ1n) is 20.1. The summed E-state index contributed by atoms with van der Waals surface area (Å²) in [5, 5.41) is 10.3. The van der Waals surface area contributed by atoms with Gasteiger partial charge in [-0.2, -0.15) is 13.2 Å². The lowest BCUT2D eigenvalue weighted by Gasteiger charge is -2.24. The maximum absolute atomic E-state index is 14.1. The zero-order valence-corrected chi connectivity index (χ0v) is 34.4. The summed E-state index contributed by atoms with van der Waals surface area (Å²) < 4.78 is 58.0. The predicted octanol–water partition coefficient (Wildman–Crippen LogP) is 7.79. The standard InChI is InChI=1S/C46H48F3N5O8/c1-45(2,3)62-43(58)50-22-12-11-19-37(41(56)51-29-20-21-34-36(46(47,48)49)24-40(55)52-38(34)23-29)53-42(57)39(27-60-25-28-13-5-4-6-14-28)54-44(59)61-26-35-32-17-9-7-15-30(32)31-16-8-10-18-33(31)35/h4-10,13-18,20-21,23-24,35,37,39H,11-12,19,22,25-27H2,1-3H3,(H,50,58)(H,51,56)(H,52,55)(H,53,57)(H,54,59)/t37-,39-/m0/s1. The first-order valence-corrected chi connectivity index (χ1v) is 20.1. The first kappa shape index (κ1) is 44.9. The maximum atomic E-state index is 14.1. The van der Waals surface area contributed by atoms with E-state index in [2.05, 4.69) is 26.3 Å². The lowest BCUT2D eigenvalue weighted by atomic mass is 9.98. The number of carbonyl (C=O) groups excluding carboxylic acids is 4. The largest absolute Gasteiger partial charge is 0.449 e. The topological polar surface area (TPSA) is 177 Å². The Morgan fingerprint density at radius 3 is 2.08 bits per heavy atom. The molecule has 0 fully saturated rings. The Balaban J connectivity index is 1.18. The van der Waals surface area contributed by atoms with Crippen LogP contribution < -0.4 is 26.8 Å². The van der Waals surface area contributed by atoms with Crippen LogP contribution in [0.4, 0.5) is 28.4 Å². The molecule has 0 spiro atoms. The van der Waals surface area contributed by atoms with E-state index in [0.29, 0.717) is 18.9 Å². The van der Waals surface area contributed by atoms with Crippen LogP contribution in [0.25, 0.3) is 22.0 Å². The van der Waals surface area contributed by atoms with Gasteiger partial charge in [0.15, 0.2) is 0 Å². The molecule has 0 aliphatic heterocycles. The molecule has 1 aromatic heterocycles. The van der Waals surface area contributed by atoms with Gasteiger partial charge in [-0.15, -0.1) is 0 Å². The number of alkyl halides is 3. The number of hydrogen-bond donors (Lipinski definition) is 5. The quantitative estimate of drug-likeness (QED) is 0.0625. The number of amides is 4. The highest BCUT2D eigenvalue weighted by atomic mass is 19.4. The molecule has 0 bridgehead atoms. The van der Waals surface area contributed by atoms with Gasteiger partial charge in [-0.3, -0.25) is 14.4 Å². The predicted molar refractivity (Wildman–Crippen MR) is 226 cm³/mol. The Morgan fingerprint density at radius 1 is 0.758 bits per heavy atom. The number of halogens is 3. The van der Waals surface area contributed by atoms with Crippen LogP contribution in [0.1, 0.15) is 68.2 Å². The SMILES string of the molecule is CC(C)(C)OC(=O)NCCCC[C@H](NC(=O)[C@H](COCc1ccccc1)NC(=O)OCC1c2ccccc2-c2ccccc21)C(=O)Nc1ccc2c(C(F)(F)F)cc(=O)[nH]c2c1. The summed E-state index contributed by atoms with van der Waals surface area (Å²) in [6.45, 7) is 5.14. The zero-order chi connectivity index (χ0) is 44.4. The lowest BCUT2D eigenvalue weighted by Crippen LogP contribution is -2.54. The Morgan fingerprint density at radius 2 is 1.42 bits per heavy atom. The molecule has 4 aromatic carbocycles. The molecule has 0 saturated carbocycles. The van der Waals surface area contributed by atoms with Crippen molar-refractivity contribution in [3.05, 3.63) is 136 Å². The molecule has 1 heterocycles. The van der Waals surface area contributed by atoms with E-state index < -0.39 is 59.0 Å². The number of fused-ring (bicyclic) bond motifs is 4. The number of carbonyl (C=O) groups is 4. The summed E-state index contributed by atoms with van der Waals surface area (Å²) in [7, 11) is 0. The number of nitrogens with one attached hydrogen (secondary N) is 5. The Hall–Kier alpha value is -6.68. The molecule has 0 saturated heterocycles. The van der Waals surface area contributed by atoms with Crippen molar-refractivity contribution in [2.45, 2.75) is 76.4 Å². The Labute approximate surface area is 355 Å². The van der Waals surface area contributed by atoms with Crippen molar-refractivity contribution in [2.75, 3.05) is 25.1 Å². The van der Waals surface area contributed by atoms with Crippen LogP contribution >= 0.6 is 0 Å². The van der Waals surface area contributed by atoms with Crippen molar-refractivity contribution in [3.63, 3.8) is 0 Å². The van der Waals surface area contributed by atoms with Crippen molar-refractivity contribution in [3.8, 4) is 11.1 Å².